The SMILES string of the molecule is CCN(CC)C[C@H](O)Cn1c2ccc(I)cc2c2cc(I)ccc21. The molecule has 3 rings (SSSR count). The van der Waals surface area contributed by atoms with Crippen LogP contribution in [0.25, 0.3) is 21.8 Å². The van der Waals surface area contributed by atoms with Crippen molar-refractivity contribution in [1.82, 2.24) is 9.47 Å². The Morgan fingerprint density at radius 1 is 0.958 bits per heavy atom. The molecule has 0 spiro atoms. The summed E-state index contributed by atoms with van der Waals surface area (Å²) in [6, 6.07) is 13.1. The molecule has 2 aromatic carbocycles. The van der Waals surface area contributed by atoms with E-state index in [4.69, 9.17) is 0 Å². The number of likely N-dealkylation sites (N-methyl/N-ethyl adjacent to an activating group) is 1. The molecule has 3 nitrogen and oxygen atoms in total. The van der Waals surface area contributed by atoms with Gasteiger partial charge in [0.2, 0.25) is 0 Å². The van der Waals surface area contributed by atoms with Crippen LogP contribution in [0.5, 0.6) is 0 Å². The zero-order valence-corrected chi connectivity index (χ0v) is 18.3. The Morgan fingerprint density at radius 3 is 1.92 bits per heavy atom. The summed E-state index contributed by atoms with van der Waals surface area (Å²) in [7, 11) is 0. The van der Waals surface area contributed by atoms with Gasteiger partial charge in [-0.05, 0) is 94.7 Å². The molecule has 1 aromatic heterocycles. The summed E-state index contributed by atoms with van der Waals surface area (Å²) in [5.41, 5.74) is 2.40. The summed E-state index contributed by atoms with van der Waals surface area (Å²) in [5.74, 6) is 0. The van der Waals surface area contributed by atoms with Crippen LogP contribution < -0.4 is 0 Å². The van der Waals surface area contributed by atoms with E-state index in [1.165, 1.54) is 28.9 Å². The van der Waals surface area contributed by atoms with Gasteiger partial charge in [0, 0.05) is 35.5 Å². The molecule has 0 saturated carbocycles. The third-order valence-electron chi connectivity index (χ3n) is 4.55. The zero-order valence-electron chi connectivity index (χ0n) is 14.0. The second-order valence-corrected chi connectivity index (χ2v) is 8.56. The predicted molar refractivity (Wildman–Crippen MR) is 119 cm³/mol. The topological polar surface area (TPSA) is 28.4 Å². The lowest BCUT2D eigenvalue weighted by atomic mass is 10.2. The molecule has 0 aliphatic carbocycles. The van der Waals surface area contributed by atoms with Crippen molar-refractivity contribution in [3.8, 4) is 0 Å². The molecule has 1 heterocycles. The standard InChI is InChI=1S/C19H22I2N2O/c1-3-22(4-2)11-15(24)12-23-18-7-5-13(20)9-16(18)17-10-14(21)6-8-19(17)23/h5-10,15,24H,3-4,11-12H2,1-2H3/t15-/m0/s1. The predicted octanol–water partition coefficient (Wildman–Crippen LogP) is 4.71. The minimum absolute atomic E-state index is 0.373. The second-order valence-electron chi connectivity index (χ2n) is 6.07. The van der Waals surface area contributed by atoms with Crippen molar-refractivity contribution in [3.63, 3.8) is 0 Å². The van der Waals surface area contributed by atoms with Gasteiger partial charge in [-0.2, -0.15) is 0 Å². The van der Waals surface area contributed by atoms with Gasteiger partial charge >= 0.3 is 0 Å². The molecular weight excluding hydrogens is 526 g/mol. The Labute approximate surface area is 170 Å². The number of rotatable bonds is 6. The molecule has 0 saturated heterocycles. The highest BCUT2D eigenvalue weighted by molar-refractivity contribution is 14.1. The first kappa shape index (κ1) is 18.4. The van der Waals surface area contributed by atoms with Gasteiger partial charge in [-0.15, -0.1) is 0 Å². The van der Waals surface area contributed by atoms with E-state index in [9.17, 15) is 5.11 Å². The van der Waals surface area contributed by atoms with Gasteiger partial charge in [-0.1, -0.05) is 13.8 Å². The molecular formula is C19H22I2N2O. The van der Waals surface area contributed by atoms with Gasteiger partial charge in [0.15, 0.2) is 0 Å². The Kier molecular flexibility index (Phi) is 6.05. The number of nitrogens with zero attached hydrogens (tertiary/aromatic N) is 2. The van der Waals surface area contributed by atoms with Crippen molar-refractivity contribution in [2.24, 2.45) is 0 Å². The molecule has 1 N–H and O–H groups in total. The Bertz CT molecular complexity index is 796. The van der Waals surface area contributed by atoms with Crippen LogP contribution in [0.4, 0.5) is 0 Å². The van der Waals surface area contributed by atoms with Gasteiger partial charge in [-0.25, -0.2) is 0 Å². The number of aromatic nitrogens is 1. The fraction of sp³-hybridized carbons (Fsp3) is 0.368. The lowest BCUT2D eigenvalue weighted by Crippen LogP contribution is -2.34. The van der Waals surface area contributed by atoms with Crippen LogP contribution >= 0.6 is 45.2 Å². The number of hydrogen-bond acceptors (Lipinski definition) is 2. The number of aliphatic hydroxyl groups is 1. The van der Waals surface area contributed by atoms with Gasteiger partial charge in [0.25, 0.3) is 0 Å². The molecule has 128 valence electrons. The molecule has 1 atom stereocenters. The fourth-order valence-electron chi connectivity index (χ4n) is 3.29. The highest BCUT2D eigenvalue weighted by Crippen LogP contribution is 2.31. The third-order valence-corrected chi connectivity index (χ3v) is 5.89. The Balaban J connectivity index is 2.05. The second kappa shape index (κ2) is 7.88. The van der Waals surface area contributed by atoms with E-state index in [1.54, 1.807) is 0 Å². The molecule has 3 aromatic rings. The summed E-state index contributed by atoms with van der Waals surface area (Å²) in [6.07, 6.45) is -0.373. The van der Waals surface area contributed by atoms with Crippen LogP contribution in [-0.2, 0) is 6.54 Å². The molecule has 0 unspecified atom stereocenters. The van der Waals surface area contributed by atoms with Crippen LogP contribution in [0.15, 0.2) is 36.4 Å². The minimum atomic E-state index is -0.373. The Hall–Kier alpha value is -0.380. The van der Waals surface area contributed by atoms with E-state index >= 15 is 0 Å². The van der Waals surface area contributed by atoms with Crippen LogP contribution in [0.2, 0.25) is 0 Å². The van der Waals surface area contributed by atoms with E-state index in [0.29, 0.717) is 13.1 Å². The third kappa shape index (κ3) is 3.73. The molecule has 0 amide bonds. The highest BCUT2D eigenvalue weighted by Gasteiger charge is 2.16. The molecule has 5 heteroatoms. The van der Waals surface area contributed by atoms with E-state index in [0.717, 1.165) is 13.1 Å². The van der Waals surface area contributed by atoms with Gasteiger partial charge in [-0.3, -0.25) is 0 Å². The number of aliphatic hydroxyl groups excluding tert-OH is 1. The average Bonchev–Trinajstić information content (AvgIpc) is 2.85. The number of hydrogen-bond donors (Lipinski definition) is 1. The smallest absolute Gasteiger partial charge is 0.0845 e. The van der Waals surface area contributed by atoms with Crippen LogP contribution in [-0.4, -0.2) is 40.3 Å². The van der Waals surface area contributed by atoms with Gasteiger partial charge in [0.05, 0.1) is 12.6 Å². The summed E-state index contributed by atoms with van der Waals surface area (Å²) in [4.78, 5) is 2.27. The van der Waals surface area contributed by atoms with Crippen LogP contribution in [0.3, 0.4) is 0 Å². The minimum Gasteiger partial charge on any atom is -0.390 e. The quantitative estimate of drug-likeness (QED) is 0.453. The van der Waals surface area contributed by atoms with E-state index in [1.807, 2.05) is 0 Å². The first-order valence-electron chi connectivity index (χ1n) is 8.31. The Morgan fingerprint density at radius 2 is 1.46 bits per heavy atom. The molecule has 0 radical (unpaired) electrons. The molecule has 0 aliphatic rings. The normalized spacial score (nSPS) is 13.2. The van der Waals surface area contributed by atoms with Crippen LogP contribution in [0, 0.1) is 7.14 Å². The summed E-state index contributed by atoms with van der Waals surface area (Å²) in [6.45, 7) is 7.55. The van der Waals surface area contributed by atoms with Gasteiger partial charge < -0.3 is 14.6 Å². The molecule has 0 bridgehead atoms. The lowest BCUT2D eigenvalue weighted by Gasteiger charge is -2.22. The number of fused-ring (bicyclic) bond motifs is 3. The maximum absolute atomic E-state index is 10.6. The molecule has 0 fully saturated rings. The monoisotopic (exact) mass is 548 g/mol. The van der Waals surface area contributed by atoms with Crippen molar-refractivity contribution < 1.29 is 5.11 Å². The molecule has 0 aliphatic heterocycles. The number of halogens is 2. The van der Waals surface area contributed by atoms with Crippen molar-refractivity contribution in [2.75, 3.05) is 19.6 Å². The fourth-order valence-corrected chi connectivity index (χ4v) is 4.28. The first-order chi connectivity index (χ1) is 11.5. The van der Waals surface area contributed by atoms with E-state index in [-0.39, 0.29) is 6.10 Å². The maximum atomic E-state index is 10.6. The van der Waals surface area contributed by atoms with Crippen LogP contribution in [0.1, 0.15) is 13.8 Å². The maximum Gasteiger partial charge on any atom is 0.0845 e. The first-order valence-corrected chi connectivity index (χ1v) is 10.5. The molecule has 24 heavy (non-hydrogen) atoms. The average molecular weight is 548 g/mol. The van der Waals surface area contributed by atoms with Crippen molar-refractivity contribution in [2.45, 2.75) is 26.5 Å². The highest BCUT2D eigenvalue weighted by atomic mass is 127. The summed E-state index contributed by atoms with van der Waals surface area (Å²) in [5, 5.41) is 13.2. The summed E-state index contributed by atoms with van der Waals surface area (Å²) >= 11 is 4.73. The van der Waals surface area contributed by atoms with Crippen molar-refractivity contribution >= 4 is 67.0 Å². The van der Waals surface area contributed by atoms with Gasteiger partial charge in [0.1, 0.15) is 0 Å². The van der Waals surface area contributed by atoms with Crippen molar-refractivity contribution in [3.05, 3.63) is 43.5 Å². The van der Waals surface area contributed by atoms with E-state index < -0.39 is 0 Å². The lowest BCUT2D eigenvalue weighted by molar-refractivity contribution is 0.105. The number of benzene rings is 2. The van der Waals surface area contributed by atoms with E-state index in [2.05, 4.69) is 105 Å². The largest absolute Gasteiger partial charge is 0.390 e. The van der Waals surface area contributed by atoms with Crippen molar-refractivity contribution in [1.29, 1.82) is 0 Å². The summed E-state index contributed by atoms with van der Waals surface area (Å²) < 4.78 is 4.74. The zero-order chi connectivity index (χ0) is 17.3.